The van der Waals surface area contributed by atoms with Crippen LogP contribution in [0.1, 0.15) is 93.0 Å². The highest BCUT2D eigenvalue weighted by Crippen LogP contribution is 2.35. The summed E-state index contributed by atoms with van der Waals surface area (Å²) in [5.41, 5.74) is 5.69. The molecule has 248 valence electrons. The lowest BCUT2D eigenvalue weighted by Crippen LogP contribution is -2.33. The third kappa shape index (κ3) is 8.96. The Hall–Kier alpha value is -4.27. The number of ketones is 1. The average Bonchev–Trinajstić information content (AvgIpc) is 3.45. The maximum absolute atomic E-state index is 14.2. The summed E-state index contributed by atoms with van der Waals surface area (Å²) in [6.45, 7) is 16.7. The number of ether oxygens (including phenoxy) is 1. The Morgan fingerprint density at radius 3 is 2.23 bits per heavy atom. The quantitative estimate of drug-likeness (QED) is 0.161. The number of piperidine rings is 1. The topological polar surface area (TPSA) is 97.3 Å². The van der Waals surface area contributed by atoms with Crippen LogP contribution in [0, 0.1) is 12.8 Å². The summed E-state index contributed by atoms with van der Waals surface area (Å²) in [6, 6.07) is 25.1. The second kappa shape index (κ2) is 14.2. The lowest BCUT2D eigenvalue weighted by atomic mass is 9.76. The molecule has 0 spiro atoms. The first-order valence-corrected chi connectivity index (χ1v) is 16.6. The number of nitrogens with one attached hydrogen (secondary N) is 3. The maximum atomic E-state index is 14.2. The first kappa shape index (κ1) is 34.1. The molecule has 0 radical (unpaired) electrons. The van der Waals surface area contributed by atoms with Crippen LogP contribution in [0.2, 0.25) is 0 Å². The molecule has 1 saturated heterocycles. The van der Waals surface area contributed by atoms with Crippen LogP contribution in [0.15, 0.2) is 78.9 Å². The number of Topliss-reactive ketones (excluding diaryl/α,β-unsaturated/α-hetero) is 1. The van der Waals surface area contributed by atoms with Crippen LogP contribution in [0.3, 0.4) is 0 Å². The molecule has 0 bridgehead atoms. The van der Waals surface area contributed by atoms with Gasteiger partial charge in [-0.2, -0.15) is 5.10 Å². The van der Waals surface area contributed by atoms with Crippen molar-refractivity contribution in [2.75, 3.05) is 23.7 Å². The van der Waals surface area contributed by atoms with Crippen molar-refractivity contribution in [1.82, 2.24) is 15.1 Å². The van der Waals surface area contributed by atoms with E-state index >= 15 is 0 Å². The van der Waals surface area contributed by atoms with Crippen LogP contribution in [-0.4, -0.2) is 40.3 Å². The van der Waals surface area contributed by atoms with Gasteiger partial charge < -0.3 is 15.4 Å². The van der Waals surface area contributed by atoms with Crippen LogP contribution >= 0.6 is 0 Å². The fourth-order valence-electron chi connectivity index (χ4n) is 5.87. The molecule has 2 amide bonds. The number of carbonyl (C=O) groups excluding carboxylic acids is 2. The second-order valence-electron chi connectivity index (χ2n) is 14.6. The van der Waals surface area contributed by atoms with Crippen LogP contribution < -0.4 is 16.0 Å². The van der Waals surface area contributed by atoms with Crippen LogP contribution in [0.5, 0.6) is 0 Å². The molecule has 8 heteroatoms. The van der Waals surface area contributed by atoms with Gasteiger partial charge in [0.05, 0.1) is 29.5 Å². The van der Waals surface area contributed by atoms with Gasteiger partial charge in [-0.1, -0.05) is 74.9 Å². The Morgan fingerprint density at radius 2 is 1.60 bits per heavy atom. The monoisotopic (exact) mass is 635 g/mol. The molecular formula is C39H49N5O3. The van der Waals surface area contributed by atoms with E-state index in [1.165, 1.54) is 0 Å². The molecule has 8 nitrogen and oxygen atoms in total. The highest BCUT2D eigenvalue weighted by atomic mass is 16.5. The van der Waals surface area contributed by atoms with Gasteiger partial charge >= 0.3 is 6.03 Å². The molecule has 1 aromatic heterocycles. The molecule has 1 fully saturated rings. The third-order valence-electron chi connectivity index (χ3n) is 8.55. The molecule has 2 heterocycles. The van der Waals surface area contributed by atoms with Crippen molar-refractivity contribution in [2.45, 2.75) is 84.8 Å². The normalized spacial score (nSPS) is 14.9. The standard InChI is InChI=1S/C39H49N5O3/c1-26-11-17-32(18-12-26)44-34(24-33(43-44)38(2,3)4)42-37(46)41-31-10-8-9-30(23-31)35(28-19-21-40-22-20-28)36(45)29-15-13-27(14-16-29)25-47-39(5,6)7/h8-18,23-24,28,35,40H,19-22,25H2,1-7H3,(H2,41,42,46). The predicted molar refractivity (Wildman–Crippen MR) is 190 cm³/mol. The number of amides is 2. The Kier molecular flexibility index (Phi) is 10.3. The summed E-state index contributed by atoms with van der Waals surface area (Å²) in [5.74, 6) is 0.539. The molecule has 4 aromatic rings. The summed E-state index contributed by atoms with van der Waals surface area (Å²) in [7, 11) is 0. The Balaban J connectivity index is 1.37. The van der Waals surface area contributed by atoms with Gasteiger partial charge in [0.25, 0.3) is 0 Å². The molecule has 1 aliphatic heterocycles. The lowest BCUT2D eigenvalue weighted by Gasteiger charge is -2.30. The molecule has 3 N–H and O–H groups in total. The Labute approximate surface area is 279 Å². The number of urea groups is 1. The Morgan fingerprint density at radius 1 is 0.915 bits per heavy atom. The summed E-state index contributed by atoms with van der Waals surface area (Å²) >= 11 is 0. The molecule has 1 aliphatic rings. The molecule has 0 aliphatic carbocycles. The average molecular weight is 636 g/mol. The smallest absolute Gasteiger partial charge is 0.324 e. The number of hydrogen-bond donors (Lipinski definition) is 3. The zero-order chi connectivity index (χ0) is 33.8. The van der Waals surface area contributed by atoms with Crippen LogP contribution in [0.4, 0.5) is 16.3 Å². The third-order valence-corrected chi connectivity index (χ3v) is 8.55. The van der Waals surface area contributed by atoms with Crippen molar-refractivity contribution in [1.29, 1.82) is 0 Å². The first-order chi connectivity index (χ1) is 22.3. The number of hydrogen-bond acceptors (Lipinski definition) is 5. The van der Waals surface area contributed by atoms with E-state index in [0.29, 0.717) is 23.7 Å². The van der Waals surface area contributed by atoms with E-state index in [9.17, 15) is 9.59 Å². The minimum atomic E-state index is -0.381. The van der Waals surface area contributed by atoms with E-state index < -0.39 is 0 Å². The number of aryl methyl sites for hydroxylation is 1. The number of benzene rings is 3. The van der Waals surface area contributed by atoms with Gasteiger partial charge in [0.2, 0.25) is 0 Å². The summed E-state index contributed by atoms with van der Waals surface area (Å²) < 4.78 is 7.69. The number of rotatable bonds is 9. The van der Waals surface area contributed by atoms with E-state index in [0.717, 1.165) is 54.0 Å². The highest BCUT2D eigenvalue weighted by Gasteiger charge is 2.32. The van der Waals surface area contributed by atoms with Crippen molar-refractivity contribution < 1.29 is 14.3 Å². The summed E-state index contributed by atoms with van der Waals surface area (Å²) in [4.78, 5) is 27.6. The van der Waals surface area contributed by atoms with E-state index in [4.69, 9.17) is 9.84 Å². The molecule has 5 rings (SSSR count). The van der Waals surface area contributed by atoms with Gasteiger partial charge in [-0.25, -0.2) is 9.48 Å². The minimum Gasteiger partial charge on any atom is -0.371 e. The summed E-state index contributed by atoms with van der Waals surface area (Å²) in [6.07, 6.45) is 1.82. The van der Waals surface area contributed by atoms with Crippen molar-refractivity contribution in [3.63, 3.8) is 0 Å². The van der Waals surface area contributed by atoms with E-state index in [-0.39, 0.29) is 34.7 Å². The van der Waals surface area contributed by atoms with E-state index in [2.05, 4.69) is 36.7 Å². The van der Waals surface area contributed by atoms with Crippen molar-refractivity contribution in [3.8, 4) is 5.69 Å². The first-order valence-electron chi connectivity index (χ1n) is 16.6. The maximum Gasteiger partial charge on any atom is 0.324 e. The van der Waals surface area contributed by atoms with Gasteiger partial charge in [-0.15, -0.1) is 0 Å². The van der Waals surface area contributed by atoms with Gasteiger partial charge in [0.1, 0.15) is 5.82 Å². The molecule has 0 saturated carbocycles. The lowest BCUT2D eigenvalue weighted by molar-refractivity contribution is -0.0149. The molecule has 47 heavy (non-hydrogen) atoms. The van der Waals surface area contributed by atoms with E-state index in [1.54, 1.807) is 4.68 Å². The van der Waals surface area contributed by atoms with E-state index in [1.807, 2.05) is 107 Å². The number of nitrogens with zero attached hydrogens (tertiary/aromatic N) is 2. The van der Waals surface area contributed by atoms with Gasteiger partial charge in [0, 0.05) is 22.7 Å². The van der Waals surface area contributed by atoms with Crippen molar-refractivity contribution in [3.05, 3.63) is 107 Å². The zero-order valence-electron chi connectivity index (χ0n) is 28.8. The SMILES string of the molecule is Cc1ccc(-n2nc(C(C)(C)C)cc2NC(=O)Nc2cccc(C(C(=O)c3ccc(COC(C)(C)C)cc3)C3CCNCC3)c2)cc1. The predicted octanol–water partition coefficient (Wildman–Crippen LogP) is 8.40. The van der Waals surface area contributed by atoms with Crippen LogP contribution in [0.25, 0.3) is 5.69 Å². The van der Waals surface area contributed by atoms with Crippen molar-refractivity contribution >= 4 is 23.3 Å². The highest BCUT2D eigenvalue weighted by molar-refractivity contribution is 6.02. The number of carbonyl (C=O) groups is 2. The zero-order valence-corrected chi connectivity index (χ0v) is 28.8. The summed E-state index contributed by atoms with van der Waals surface area (Å²) in [5, 5.41) is 14.3. The number of aromatic nitrogens is 2. The van der Waals surface area contributed by atoms with Gasteiger partial charge in [-0.05, 0) is 94.9 Å². The number of anilines is 2. The minimum absolute atomic E-state index is 0.0958. The van der Waals surface area contributed by atoms with Crippen molar-refractivity contribution in [2.24, 2.45) is 5.92 Å². The fraction of sp³-hybridized carbons (Fsp3) is 0.410. The molecule has 1 atom stereocenters. The molecule has 3 aromatic carbocycles. The molecule has 1 unspecified atom stereocenters. The fourth-order valence-corrected chi connectivity index (χ4v) is 5.87. The van der Waals surface area contributed by atoms with Gasteiger partial charge in [-0.3, -0.25) is 10.1 Å². The van der Waals surface area contributed by atoms with Crippen LogP contribution in [-0.2, 0) is 16.8 Å². The van der Waals surface area contributed by atoms with Gasteiger partial charge in [0.15, 0.2) is 5.78 Å². The second-order valence-corrected chi connectivity index (χ2v) is 14.6. The Bertz CT molecular complexity index is 1670. The molecular weight excluding hydrogens is 586 g/mol. The largest absolute Gasteiger partial charge is 0.371 e.